The molecule has 0 unspecified atom stereocenters. The Morgan fingerprint density at radius 2 is 2.36 bits per heavy atom. The van der Waals surface area contributed by atoms with E-state index in [0.717, 1.165) is 4.32 Å². The predicted octanol–water partition coefficient (Wildman–Crippen LogP) is 0.672. The van der Waals surface area contributed by atoms with E-state index in [-0.39, 0.29) is 22.8 Å². The minimum absolute atomic E-state index is 0.0792. The van der Waals surface area contributed by atoms with Crippen molar-refractivity contribution in [3.05, 3.63) is 12.7 Å². The van der Waals surface area contributed by atoms with Gasteiger partial charge in [0.1, 0.15) is 4.32 Å². The highest BCUT2D eigenvalue weighted by Crippen LogP contribution is 2.37. The highest BCUT2D eigenvalue weighted by Gasteiger charge is 2.47. The van der Waals surface area contributed by atoms with E-state index in [2.05, 4.69) is 6.58 Å². The van der Waals surface area contributed by atoms with Gasteiger partial charge in [0, 0.05) is 11.8 Å². The molecule has 0 spiro atoms. The second-order valence-electron chi connectivity index (χ2n) is 3.51. The van der Waals surface area contributed by atoms with E-state index >= 15 is 0 Å². The van der Waals surface area contributed by atoms with Crippen LogP contribution >= 0.6 is 24.0 Å². The molecule has 2 aliphatic heterocycles. The zero-order chi connectivity index (χ0) is 10.3. The van der Waals surface area contributed by atoms with Gasteiger partial charge in [-0.05, 0) is 0 Å². The Morgan fingerprint density at radius 1 is 1.64 bits per heavy atom. The molecule has 2 rings (SSSR count). The highest BCUT2D eigenvalue weighted by atomic mass is 32.2. The average molecular weight is 249 g/mol. The van der Waals surface area contributed by atoms with E-state index in [1.807, 2.05) is 4.90 Å². The first kappa shape index (κ1) is 10.4. The minimum Gasteiger partial charge on any atom is -0.349 e. The summed E-state index contributed by atoms with van der Waals surface area (Å²) in [7, 11) is -2.84. The van der Waals surface area contributed by atoms with Gasteiger partial charge in [-0.15, -0.1) is 6.58 Å². The van der Waals surface area contributed by atoms with E-state index in [0.29, 0.717) is 6.54 Å². The van der Waals surface area contributed by atoms with Crippen molar-refractivity contribution in [2.45, 2.75) is 11.3 Å². The summed E-state index contributed by atoms with van der Waals surface area (Å²) in [6, 6.07) is 0.0792. The van der Waals surface area contributed by atoms with Gasteiger partial charge in [0.25, 0.3) is 0 Å². The van der Waals surface area contributed by atoms with Crippen LogP contribution in [0, 0.1) is 0 Å². The topological polar surface area (TPSA) is 37.4 Å². The van der Waals surface area contributed by atoms with Crippen LogP contribution in [0.5, 0.6) is 0 Å². The third-order valence-corrected chi connectivity index (χ3v) is 6.16. The molecule has 0 amide bonds. The summed E-state index contributed by atoms with van der Waals surface area (Å²) in [5, 5.41) is 0.146. The van der Waals surface area contributed by atoms with Crippen molar-refractivity contribution < 1.29 is 8.42 Å². The van der Waals surface area contributed by atoms with Gasteiger partial charge in [-0.25, -0.2) is 8.42 Å². The minimum atomic E-state index is -2.84. The maximum atomic E-state index is 11.4. The molecule has 2 aliphatic rings. The molecule has 0 aromatic carbocycles. The Morgan fingerprint density at radius 3 is 3.00 bits per heavy atom. The second kappa shape index (κ2) is 3.50. The fourth-order valence-electron chi connectivity index (χ4n) is 1.88. The van der Waals surface area contributed by atoms with Gasteiger partial charge < -0.3 is 4.90 Å². The van der Waals surface area contributed by atoms with Gasteiger partial charge in [0.05, 0.1) is 17.5 Å². The first-order valence-electron chi connectivity index (χ1n) is 4.32. The van der Waals surface area contributed by atoms with Crippen molar-refractivity contribution in [1.29, 1.82) is 0 Å². The molecule has 0 bridgehead atoms. The van der Waals surface area contributed by atoms with E-state index in [1.54, 1.807) is 6.08 Å². The molecule has 78 valence electrons. The first-order chi connectivity index (χ1) is 6.53. The summed E-state index contributed by atoms with van der Waals surface area (Å²) in [6.07, 6.45) is 1.76. The molecule has 0 radical (unpaired) electrons. The summed E-state index contributed by atoms with van der Waals surface area (Å²) in [6.45, 7) is 4.30. The molecule has 2 saturated heterocycles. The van der Waals surface area contributed by atoms with Gasteiger partial charge in [0.2, 0.25) is 0 Å². The Bertz CT molecular complexity index is 376. The number of hydrogen-bond donors (Lipinski definition) is 0. The first-order valence-corrected chi connectivity index (χ1v) is 7.43. The quantitative estimate of drug-likeness (QED) is 0.531. The molecular formula is C8H11NO2S3. The molecular weight excluding hydrogens is 238 g/mol. The van der Waals surface area contributed by atoms with Crippen LogP contribution in [0.4, 0.5) is 0 Å². The van der Waals surface area contributed by atoms with Gasteiger partial charge in [-0.1, -0.05) is 30.1 Å². The molecule has 0 aromatic rings. The maximum absolute atomic E-state index is 11.4. The molecule has 0 aromatic heterocycles. The summed E-state index contributed by atoms with van der Waals surface area (Å²) in [4.78, 5) is 1.97. The lowest BCUT2D eigenvalue weighted by Crippen LogP contribution is -2.36. The fraction of sp³-hybridized carbons (Fsp3) is 0.625. The largest absolute Gasteiger partial charge is 0.349 e. The standard InChI is InChI=1S/C8H11NO2S3/c1-2-3-9-6-4-14(10,11)5-7(6)13-8(9)12/h2,6-7H,1,3-5H2/t6-,7+/m0/s1. The molecule has 2 fully saturated rings. The van der Waals surface area contributed by atoms with Crippen molar-refractivity contribution in [1.82, 2.24) is 4.90 Å². The Kier molecular flexibility index (Phi) is 2.61. The van der Waals surface area contributed by atoms with Crippen molar-refractivity contribution in [3.63, 3.8) is 0 Å². The maximum Gasteiger partial charge on any atom is 0.153 e. The average Bonchev–Trinajstić information content (AvgIpc) is 2.47. The SMILES string of the molecule is C=CCN1C(=S)S[C@@H]2CS(=O)(=O)C[C@@H]21. The van der Waals surface area contributed by atoms with E-state index in [4.69, 9.17) is 12.2 Å². The zero-order valence-corrected chi connectivity index (χ0v) is 10.00. The van der Waals surface area contributed by atoms with Gasteiger partial charge in [-0.3, -0.25) is 0 Å². The Labute approximate surface area is 93.5 Å². The number of sulfone groups is 1. The molecule has 6 heteroatoms. The molecule has 0 aliphatic carbocycles. The number of fused-ring (bicyclic) bond motifs is 1. The summed E-state index contributed by atoms with van der Waals surface area (Å²) in [5.74, 6) is 0.523. The van der Waals surface area contributed by atoms with Crippen LogP contribution in [0.1, 0.15) is 0 Å². The third kappa shape index (κ3) is 1.70. The second-order valence-corrected chi connectivity index (χ2v) is 7.53. The fourth-order valence-corrected chi connectivity index (χ4v) is 6.27. The lowest BCUT2D eigenvalue weighted by molar-refractivity contribution is 0.396. The molecule has 2 atom stereocenters. The van der Waals surface area contributed by atoms with Crippen molar-refractivity contribution in [3.8, 4) is 0 Å². The highest BCUT2D eigenvalue weighted by molar-refractivity contribution is 8.24. The van der Waals surface area contributed by atoms with Crippen LogP contribution in [-0.2, 0) is 9.84 Å². The van der Waals surface area contributed by atoms with E-state index in [9.17, 15) is 8.42 Å². The van der Waals surface area contributed by atoms with Crippen LogP contribution in [-0.4, -0.2) is 47.0 Å². The van der Waals surface area contributed by atoms with Crippen LogP contribution in [0.15, 0.2) is 12.7 Å². The Hall–Kier alpha value is -0.0700. The number of thiocarbonyl (C=S) groups is 1. The lowest BCUT2D eigenvalue weighted by atomic mass is 10.2. The molecule has 3 nitrogen and oxygen atoms in total. The van der Waals surface area contributed by atoms with Gasteiger partial charge in [-0.2, -0.15) is 0 Å². The molecule has 0 saturated carbocycles. The van der Waals surface area contributed by atoms with E-state index < -0.39 is 9.84 Å². The number of hydrogen-bond acceptors (Lipinski definition) is 4. The van der Waals surface area contributed by atoms with Crippen molar-refractivity contribution >= 4 is 38.1 Å². The normalized spacial score (nSPS) is 34.6. The number of thioether (sulfide) groups is 1. The smallest absolute Gasteiger partial charge is 0.153 e. The summed E-state index contributed by atoms with van der Waals surface area (Å²) >= 11 is 6.70. The van der Waals surface area contributed by atoms with Crippen LogP contribution < -0.4 is 0 Å². The van der Waals surface area contributed by atoms with Gasteiger partial charge in [0.15, 0.2) is 9.84 Å². The third-order valence-electron chi connectivity index (χ3n) is 2.48. The zero-order valence-electron chi connectivity index (χ0n) is 7.55. The molecule has 0 N–H and O–H groups in total. The summed E-state index contributed by atoms with van der Waals surface area (Å²) < 4.78 is 23.6. The van der Waals surface area contributed by atoms with Crippen LogP contribution in [0.3, 0.4) is 0 Å². The van der Waals surface area contributed by atoms with E-state index in [1.165, 1.54) is 11.8 Å². The number of rotatable bonds is 2. The lowest BCUT2D eigenvalue weighted by Gasteiger charge is -2.21. The van der Waals surface area contributed by atoms with Gasteiger partial charge >= 0.3 is 0 Å². The molecule has 14 heavy (non-hydrogen) atoms. The predicted molar refractivity (Wildman–Crippen MR) is 63.3 cm³/mol. The van der Waals surface area contributed by atoms with Crippen LogP contribution in [0.2, 0.25) is 0 Å². The molecule has 2 heterocycles. The number of nitrogens with zero attached hydrogens (tertiary/aromatic N) is 1. The van der Waals surface area contributed by atoms with Crippen molar-refractivity contribution in [2.75, 3.05) is 18.1 Å². The Balaban J connectivity index is 2.21. The monoisotopic (exact) mass is 249 g/mol. The van der Waals surface area contributed by atoms with Crippen molar-refractivity contribution in [2.24, 2.45) is 0 Å². The van der Waals surface area contributed by atoms with Crippen LogP contribution in [0.25, 0.3) is 0 Å². The summed E-state index contributed by atoms with van der Waals surface area (Å²) in [5.41, 5.74) is 0.